The lowest BCUT2D eigenvalue weighted by atomic mass is 10.1. The fourth-order valence-corrected chi connectivity index (χ4v) is 1.78. The Labute approximate surface area is 87.1 Å². The second kappa shape index (κ2) is 2.95. The number of hydrogen-bond donors (Lipinski definition) is 1. The summed E-state index contributed by atoms with van der Waals surface area (Å²) in [6.45, 7) is 0.680. The number of rotatable bonds is 0. The molecule has 2 aromatic rings. The largest absolute Gasteiger partial charge is 0.399 e. The molecular formula is C11H10N4. The minimum absolute atomic E-state index is 0.680. The van der Waals surface area contributed by atoms with E-state index in [1.54, 1.807) is 12.4 Å². The number of aromatic nitrogens is 2. The molecule has 15 heavy (non-hydrogen) atoms. The normalized spacial score (nSPS) is 13.1. The molecule has 0 spiro atoms. The Balaban J connectivity index is 2.32. The molecule has 2 N–H and O–H groups in total. The number of imidazole rings is 1. The first-order valence-electron chi connectivity index (χ1n) is 4.76. The van der Waals surface area contributed by atoms with E-state index < -0.39 is 0 Å². The van der Waals surface area contributed by atoms with Crippen LogP contribution in [0.1, 0.15) is 11.4 Å². The summed E-state index contributed by atoms with van der Waals surface area (Å²) >= 11 is 0. The first kappa shape index (κ1) is 8.23. The quantitative estimate of drug-likeness (QED) is 0.650. The van der Waals surface area contributed by atoms with E-state index in [1.807, 2.05) is 29.0 Å². The second-order valence-corrected chi connectivity index (χ2v) is 3.51. The van der Waals surface area contributed by atoms with Crippen LogP contribution in [0, 0.1) is 0 Å². The van der Waals surface area contributed by atoms with Gasteiger partial charge in [-0.2, -0.15) is 0 Å². The van der Waals surface area contributed by atoms with Gasteiger partial charge in [0.25, 0.3) is 0 Å². The van der Waals surface area contributed by atoms with Crippen LogP contribution >= 0.6 is 0 Å². The highest BCUT2D eigenvalue weighted by molar-refractivity contribution is 5.77. The Morgan fingerprint density at radius 1 is 1.33 bits per heavy atom. The minimum Gasteiger partial charge on any atom is -0.399 e. The van der Waals surface area contributed by atoms with Crippen LogP contribution in [0.3, 0.4) is 0 Å². The van der Waals surface area contributed by atoms with Gasteiger partial charge < -0.3 is 5.73 Å². The summed E-state index contributed by atoms with van der Waals surface area (Å²) in [5.74, 6) is 0.847. The van der Waals surface area contributed by atoms with Gasteiger partial charge in [0.1, 0.15) is 0 Å². The standard InChI is InChI=1S/C11H10N4/c12-9-2-1-8-6-13-7-11-14-3-4-15(11)10(8)5-9/h1-5,7H,6,12H2. The van der Waals surface area contributed by atoms with Crippen LogP contribution < -0.4 is 5.73 Å². The smallest absolute Gasteiger partial charge is 0.155 e. The van der Waals surface area contributed by atoms with Gasteiger partial charge in [-0.15, -0.1) is 0 Å². The van der Waals surface area contributed by atoms with Gasteiger partial charge in [0.15, 0.2) is 5.82 Å². The molecule has 0 saturated carbocycles. The molecular weight excluding hydrogens is 188 g/mol. The summed E-state index contributed by atoms with van der Waals surface area (Å²) in [6.07, 6.45) is 5.47. The Morgan fingerprint density at radius 3 is 3.20 bits per heavy atom. The van der Waals surface area contributed by atoms with Crippen molar-refractivity contribution in [1.82, 2.24) is 9.55 Å². The van der Waals surface area contributed by atoms with Crippen molar-refractivity contribution in [3.8, 4) is 5.69 Å². The van der Waals surface area contributed by atoms with Crippen molar-refractivity contribution in [2.24, 2.45) is 4.99 Å². The van der Waals surface area contributed by atoms with Crippen LogP contribution in [0.25, 0.3) is 5.69 Å². The molecule has 74 valence electrons. The van der Waals surface area contributed by atoms with Crippen molar-refractivity contribution in [3.63, 3.8) is 0 Å². The highest BCUT2D eigenvalue weighted by Gasteiger charge is 2.11. The predicted molar refractivity (Wildman–Crippen MR) is 59.3 cm³/mol. The van der Waals surface area contributed by atoms with E-state index >= 15 is 0 Å². The van der Waals surface area contributed by atoms with Gasteiger partial charge >= 0.3 is 0 Å². The molecule has 0 atom stereocenters. The number of nitrogens with zero attached hydrogens (tertiary/aromatic N) is 3. The summed E-state index contributed by atoms with van der Waals surface area (Å²) in [7, 11) is 0. The van der Waals surface area contributed by atoms with E-state index in [-0.39, 0.29) is 0 Å². The number of fused-ring (bicyclic) bond motifs is 3. The van der Waals surface area contributed by atoms with Crippen LogP contribution in [0.5, 0.6) is 0 Å². The molecule has 1 aromatic heterocycles. The van der Waals surface area contributed by atoms with E-state index in [2.05, 4.69) is 9.98 Å². The molecule has 3 rings (SSSR count). The zero-order valence-electron chi connectivity index (χ0n) is 8.09. The van der Waals surface area contributed by atoms with Crippen molar-refractivity contribution < 1.29 is 0 Å². The second-order valence-electron chi connectivity index (χ2n) is 3.51. The first-order valence-corrected chi connectivity index (χ1v) is 4.76. The van der Waals surface area contributed by atoms with Gasteiger partial charge in [-0.05, 0) is 17.7 Å². The molecule has 0 saturated heterocycles. The maximum absolute atomic E-state index is 5.78. The predicted octanol–water partition coefficient (Wildman–Crippen LogP) is 1.39. The number of hydrogen-bond acceptors (Lipinski definition) is 3. The Hall–Kier alpha value is -2.10. The summed E-state index contributed by atoms with van der Waals surface area (Å²) in [6, 6.07) is 5.86. The Morgan fingerprint density at radius 2 is 2.27 bits per heavy atom. The molecule has 0 aliphatic carbocycles. The lowest BCUT2D eigenvalue weighted by Crippen LogP contribution is -2.01. The van der Waals surface area contributed by atoms with E-state index in [0.29, 0.717) is 6.54 Å². The van der Waals surface area contributed by atoms with Crippen molar-refractivity contribution in [2.45, 2.75) is 6.54 Å². The fraction of sp³-hybridized carbons (Fsp3) is 0.0909. The Kier molecular flexibility index (Phi) is 1.62. The highest BCUT2D eigenvalue weighted by Crippen LogP contribution is 2.21. The van der Waals surface area contributed by atoms with E-state index in [0.717, 1.165) is 22.8 Å². The highest BCUT2D eigenvalue weighted by atomic mass is 15.1. The molecule has 1 aromatic carbocycles. The maximum atomic E-state index is 5.78. The lowest BCUT2D eigenvalue weighted by Gasteiger charge is -2.08. The van der Waals surface area contributed by atoms with Crippen molar-refractivity contribution >= 4 is 11.9 Å². The summed E-state index contributed by atoms with van der Waals surface area (Å²) in [4.78, 5) is 8.52. The number of aliphatic imine (C=N–C) groups is 1. The van der Waals surface area contributed by atoms with Crippen LogP contribution in [-0.2, 0) is 6.54 Å². The first-order chi connectivity index (χ1) is 7.34. The molecule has 1 aliphatic rings. The zero-order chi connectivity index (χ0) is 10.3. The van der Waals surface area contributed by atoms with Crippen molar-refractivity contribution in [3.05, 3.63) is 42.0 Å². The maximum Gasteiger partial charge on any atom is 0.155 e. The van der Waals surface area contributed by atoms with Gasteiger partial charge in [0.05, 0.1) is 18.4 Å². The number of nitrogen functional groups attached to an aromatic ring is 1. The molecule has 1 aliphatic heterocycles. The van der Waals surface area contributed by atoms with Crippen LogP contribution in [0.4, 0.5) is 5.69 Å². The topological polar surface area (TPSA) is 56.2 Å². The SMILES string of the molecule is Nc1ccc2c(c1)-n1ccnc1C=NC2. The van der Waals surface area contributed by atoms with Crippen LogP contribution in [-0.4, -0.2) is 15.8 Å². The zero-order valence-corrected chi connectivity index (χ0v) is 8.09. The third-order valence-corrected chi connectivity index (χ3v) is 2.51. The number of anilines is 1. The summed E-state index contributed by atoms with van der Waals surface area (Å²) < 4.78 is 2.00. The molecule has 0 bridgehead atoms. The lowest BCUT2D eigenvalue weighted by molar-refractivity contribution is 1.01. The number of benzene rings is 1. The van der Waals surface area contributed by atoms with Crippen LogP contribution in [0.15, 0.2) is 35.6 Å². The molecule has 0 radical (unpaired) electrons. The summed E-state index contributed by atoms with van der Waals surface area (Å²) in [5, 5.41) is 0. The summed E-state index contributed by atoms with van der Waals surface area (Å²) in [5.41, 5.74) is 8.78. The van der Waals surface area contributed by atoms with Gasteiger partial charge in [-0.1, -0.05) is 6.07 Å². The van der Waals surface area contributed by atoms with E-state index in [1.165, 1.54) is 0 Å². The minimum atomic E-state index is 0.680. The molecule has 0 unspecified atom stereocenters. The third-order valence-electron chi connectivity index (χ3n) is 2.51. The van der Waals surface area contributed by atoms with Crippen LogP contribution in [0.2, 0.25) is 0 Å². The molecule has 0 fully saturated rings. The fourth-order valence-electron chi connectivity index (χ4n) is 1.78. The number of nitrogens with two attached hydrogens (primary N) is 1. The van der Waals surface area contributed by atoms with E-state index in [9.17, 15) is 0 Å². The molecule has 0 amide bonds. The van der Waals surface area contributed by atoms with Gasteiger partial charge in [0.2, 0.25) is 0 Å². The third kappa shape index (κ3) is 1.22. The average Bonchev–Trinajstić information content (AvgIpc) is 2.62. The van der Waals surface area contributed by atoms with Crippen molar-refractivity contribution in [2.75, 3.05) is 5.73 Å². The van der Waals surface area contributed by atoms with Gasteiger partial charge in [0, 0.05) is 18.1 Å². The van der Waals surface area contributed by atoms with Gasteiger partial charge in [-0.3, -0.25) is 9.56 Å². The van der Waals surface area contributed by atoms with Gasteiger partial charge in [-0.25, -0.2) is 4.98 Å². The van der Waals surface area contributed by atoms with Crippen molar-refractivity contribution in [1.29, 1.82) is 0 Å². The average molecular weight is 198 g/mol. The molecule has 4 nitrogen and oxygen atoms in total. The van der Waals surface area contributed by atoms with E-state index in [4.69, 9.17) is 5.73 Å². The molecule has 2 heterocycles. The Bertz CT molecular complexity index is 539. The monoisotopic (exact) mass is 198 g/mol. The molecule has 4 heteroatoms.